The van der Waals surface area contributed by atoms with Crippen LogP contribution in [0.25, 0.3) is 0 Å². The molecule has 1 saturated heterocycles. The van der Waals surface area contributed by atoms with Gasteiger partial charge in [0, 0.05) is 55.7 Å². The minimum absolute atomic E-state index is 0.0285. The van der Waals surface area contributed by atoms with Gasteiger partial charge in [0.15, 0.2) is 0 Å². The number of fused-ring (bicyclic) bond motifs is 1. The smallest absolute Gasteiger partial charge is 0.306 e. The second-order valence-corrected chi connectivity index (χ2v) is 13.1. The Morgan fingerprint density at radius 3 is 2.30 bits per heavy atom. The van der Waals surface area contributed by atoms with Gasteiger partial charge in [0.25, 0.3) is 5.91 Å². The summed E-state index contributed by atoms with van der Waals surface area (Å²) < 4.78 is 11.5. The third-order valence-electron chi connectivity index (χ3n) is 8.66. The lowest BCUT2D eigenvalue weighted by Gasteiger charge is -2.38. The van der Waals surface area contributed by atoms with Gasteiger partial charge in [0.1, 0.15) is 24.0 Å². The predicted octanol–water partition coefficient (Wildman–Crippen LogP) is 3.81. The number of hydrogen-bond donors (Lipinski definition) is 1. The Labute approximate surface area is 259 Å². The van der Waals surface area contributed by atoms with Crippen LogP contribution in [0.2, 0.25) is 0 Å². The largest absolute Gasteiger partial charge is 0.489 e. The van der Waals surface area contributed by atoms with Crippen LogP contribution in [0, 0.1) is 5.92 Å². The normalized spacial score (nSPS) is 18.5. The monoisotopic (exact) mass is 604 g/mol. The van der Waals surface area contributed by atoms with E-state index in [1.807, 2.05) is 11.0 Å². The molecule has 236 valence electrons. The molecule has 2 aromatic rings. The first-order chi connectivity index (χ1) is 20.9. The van der Waals surface area contributed by atoms with Gasteiger partial charge in [0.2, 0.25) is 11.8 Å². The van der Waals surface area contributed by atoms with Crippen molar-refractivity contribution >= 4 is 23.7 Å². The number of hydrogen-bond acceptors (Lipinski definition) is 7. The second kappa shape index (κ2) is 13.0. The van der Waals surface area contributed by atoms with Crippen molar-refractivity contribution in [3.05, 3.63) is 64.7 Å². The maximum absolute atomic E-state index is 13.3. The van der Waals surface area contributed by atoms with E-state index in [0.717, 1.165) is 44.6 Å². The fourth-order valence-corrected chi connectivity index (χ4v) is 5.99. The van der Waals surface area contributed by atoms with Crippen molar-refractivity contribution in [2.24, 2.45) is 11.7 Å². The molecule has 3 aliphatic rings. The highest BCUT2D eigenvalue weighted by molar-refractivity contribution is 6.01. The van der Waals surface area contributed by atoms with Crippen molar-refractivity contribution in [2.45, 2.75) is 84.2 Å². The highest BCUT2D eigenvalue weighted by Crippen LogP contribution is 2.34. The van der Waals surface area contributed by atoms with E-state index < -0.39 is 23.5 Å². The first kappa shape index (κ1) is 31.5. The molecule has 2 fully saturated rings. The molecule has 0 aromatic heterocycles. The zero-order valence-electron chi connectivity index (χ0n) is 26.2. The number of benzene rings is 2. The van der Waals surface area contributed by atoms with E-state index in [9.17, 15) is 19.2 Å². The quantitative estimate of drug-likeness (QED) is 0.387. The number of amides is 3. The van der Waals surface area contributed by atoms with Crippen LogP contribution in [0.5, 0.6) is 5.75 Å². The predicted molar refractivity (Wildman–Crippen MR) is 164 cm³/mol. The molecule has 2 N–H and O–H groups in total. The summed E-state index contributed by atoms with van der Waals surface area (Å²) in [6, 6.07) is 12.9. The minimum atomic E-state index is -0.938. The van der Waals surface area contributed by atoms with Crippen LogP contribution in [0.4, 0.5) is 0 Å². The molecule has 10 nitrogen and oxygen atoms in total. The molecule has 1 saturated carbocycles. The van der Waals surface area contributed by atoms with Crippen molar-refractivity contribution in [3.63, 3.8) is 0 Å². The number of nitrogens with two attached hydrogens (primary N) is 1. The van der Waals surface area contributed by atoms with Gasteiger partial charge in [-0.1, -0.05) is 30.3 Å². The molecule has 0 spiro atoms. The van der Waals surface area contributed by atoms with Crippen LogP contribution < -0.4 is 10.5 Å². The number of carbonyl (C=O) groups is 4. The molecule has 0 bridgehead atoms. The van der Waals surface area contributed by atoms with Crippen LogP contribution in [-0.2, 0) is 32.3 Å². The molecule has 1 unspecified atom stereocenters. The number of ether oxygens (including phenoxy) is 2. The number of piperazine rings is 1. The van der Waals surface area contributed by atoms with Crippen molar-refractivity contribution in [1.82, 2.24) is 14.7 Å². The summed E-state index contributed by atoms with van der Waals surface area (Å²) in [5.41, 5.74) is 8.40. The van der Waals surface area contributed by atoms with E-state index in [0.29, 0.717) is 29.4 Å². The topological polar surface area (TPSA) is 122 Å². The third-order valence-corrected chi connectivity index (χ3v) is 8.66. The molecule has 2 aliphatic heterocycles. The summed E-state index contributed by atoms with van der Waals surface area (Å²) in [5.74, 6) is -0.249. The Morgan fingerprint density at radius 1 is 1.00 bits per heavy atom. The Kier molecular flexibility index (Phi) is 9.29. The van der Waals surface area contributed by atoms with Crippen LogP contribution in [0.1, 0.15) is 86.5 Å². The highest BCUT2D eigenvalue weighted by Gasteiger charge is 2.38. The lowest BCUT2D eigenvalue weighted by atomic mass is 10.0. The van der Waals surface area contributed by atoms with Crippen molar-refractivity contribution in [2.75, 3.05) is 26.2 Å². The zero-order valence-corrected chi connectivity index (χ0v) is 26.2. The van der Waals surface area contributed by atoms with E-state index in [-0.39, 0.29) is 37.3 Å². The molecule has 44 heavy (non-hydrogen) atoms. The molecule has 3 amide bonds. The Hall–Kier alpha value is -3.92. The molecule has 5 rings (SSSR count). The summed E-state index contributed by atoms with van der Waals surface area (Å²) in [4.78, 5) is 56.1. The van der Waals surface area contributed by atoms with Crippen molar-refractivity contribution < 1.29 is 28.7 Å². The summed E-state index contributed by atoms with van der Waals surface area (Å²) in [5, 5.41) is 0. The summed E-state index contributed by atoms with van der Waals surface area (Å²) in [7, 11) is 0. The molecule has 0 radical (unpaired) electrons. The molecular weight excluding hydrogens is 560 g/mol. The van der Waals surface area contributed by atoms with Crippen molar-refractivity contribution in [1.29, 1.82) is 0 Å². The van der Waals surface area contributed by atoms with Crippen LogP contribution in [-0.4, -0.2) is 76.2 Å². The maximum atomic E-state index is 13.3. The molecule has 1 aliphatic carbocycles. The number of esters is 1. The van der Waals surface area contributed by atoms with Gasteiger partial charge < -0.3 is 25.0 Å². The van der Waals surface area contributed by atoms with Gasteiger partial charge in [-0.25, -0.2) is 0 Å². The van der Waals surface area contributed by atoms with Crippen LogP contribution in [0.15, 0.2) is 42.5 Å². The number of nitrogens with zero attached hydrogens (tertiary/aromatic N) is 3. The highest BCUT2D eigenvalue weighted by atomic mass is 16.6. The van der Waals surface area contributed by atoms with E-state index in [2.05, 4.69) is 36.1 Å². The van der Waals surface area contributed by atoms with E-state index in [4.69, 9.17) is 15.2 Å². The number of rotatable bonds is 11. The molecule has 2 heterocycles. The summed E-state index contributed by atoms with van der Waals surface area (Å²) >= 11 is 0. The Bertz CT molecular complexity index is 1390. The fraction of sp³-hybridized carbons (Fsp3) is 0.529. The summed E-state index contributed by atoms with van der Waals surface area (Å²) in [6.45, 7) is 11.3. The average Bonchev–Trinajstić information content (AvgIpc) is 3.79. The first-order valence-corrected chi connectivity index (χ1v) is 15.6. The van der Waals surface area contributed by atoms with Gasteiger partial charge in [-0.05, 0) is 70.2 Å². The van der Waals surface area contributed by atoms with E-state index in [1.165, 1.54) is 10.5 Å². The first-order valence-electron chi connectivity index (χ1n) is 15.6. The van der Waals surface area contributed by atoms with E-state index in [1.54, 1.807) is 32.9 Å². The standard InChI is InChI=1S/C34H44N4O6/c1-22(36-16-18-37(19-17-36)32(41)25-12-13-25)24-10-8-23(9-11-24)21-43-29-7-5-6-26-27(29)20-38(33(26)42)28(31(35)40)14-15-30(39)44-34(2,3)4/h5-11,22,25,28H,12-21H2,1-4H3,(H2,35,40)/t22-,28?/m1/s1. The summed E-state index contributed by atoms with van der Waals surface area (Å²) in [6.07, 6.45) is 2.14. The van der Waals surface area contributed by atoms with Gasteiger partial charge in [-0.3, -0.25) is 24.1 Å². The zero-order chi connectivity index (χ0) is 31.6. The van der Waals surface area contributed by atoms with E-state index >= 15 is 0 Å². The lowest BCUT2D eigenvalue weighted by molar-refractivity contribution is -0.155. The van der Waals surface area contributed by atoms with Crippen LogP contribution in [0.3, 0.4) is 0 Å². The van der Waals surface area contributed by atoms with Crippen LogP contribution >= 0.6 is 0 Å². The van der Waals surface area contributed by atoms with Gasteiger partial charge in [-0.15, -0.1) is 0 Å². The van der Waals surface area contributed by atoms with Gasteiger partial charge >= 0.3 is 5.97 Å². The van der Waals surface area contributed by atoms with Gasteiger partial charge in [0.05, 0.1) is 6.54 Å². The SMILES string of the molecule is C[C@H](c1ccc(COc2cccc3c2CN(C(CCC(=O)OC(C)(C)C)C(N)=O)C3=O)cc1)N1CCN(C(=O)C2CC2)CC1. The molecule has 2 atom stereocenters. The Balaban J connectivity index is 1.17. The Morgan fingerprint density at radius 2 is 1.68 bits per heavy atom. The fourth-order valence-electron chi connectivity index (χ4n) is 5.99. The number of carbonyl (C=O) groups excluding carboxylic acids is 4. The third kappa shape index (κ3) is 7.41. The molecular formula is C34H44N4O6. The molecule has 2 aromatic carbocycles. The second-order valence-electron chi connectivity index (χ2n) is 13.1. The average molecular weight is 605 g/mol. The molecule has 10 heteroatoms. The van der Waals surface area contributed by atoms with Crippen molar-refractivity contribution in [3.8, 4) is 5.75 Å². The lowest BCUT2D eigenvalue weighted by Crippen LogP contribution is -2.49. The van der Waals surface area contributed by atoms with Gasteiger partial charge in [-0.2, -0.15) is 0 Å². The maximum Gasteiger partial charge on any atom is 0.306 e. The minimum Gasteiger partial charge on any atom is -0.489 e. The number of primary amides is 1.